The van der Waals surface area contributed by atoms with Crippen LogP contribution >= 0.6 is 0 Å². The van der Waals surface area contributed by atoms with Crippen molar-refractivity contribution in [1.82, 2.24) is 19.1 Å². The first-order valence-electron chi connectivity index (χ1n) is 17.6. The minimum Gasteiger partial charge on any atom is -0.309 e. The summed E-state index contributed by atoms with van der Waals surface area (Å²) < 4.78 is 4.71. The fourth-order valence-corrected chi connectivity index (χ4v) is 8.03. The first-order valence-corrected chi connectivity index (χ1v) is 17.6. The number of para-hydroxylation sites is 3. The minimum atomic E-state index is 0.276. The Morgan fingerprint density at radius 1 is 0.490 bits per heavy atom. The van der Waals surface area contributed by atoms with Crippen molar-refractivity contribution in [2.45, 2.75) is 13.3 Å². The molecule has 1 aliphatic rings. The highest BCUT2D eigenvalue weighted by molar-refractivity contribution is 6.10. The molecule has 3 heterocycles. The van der Waals surface area contributed by atoms with E-state index in [1.54, 1.807) is 0 Å². The molecule has 242 valence electrons. The monoisotopic (exact) mass is 654 g/mol. The van der Waals surface area contributed by atoms with Crippen LogP contribution in [-0.4, -0.2) is 19.1 Å². The minimum absolute atomic E-state index is 0.276. The van der Waals surface area contributed by atoms with Crippen molar-refractivity contribution in [3.05, 3.63) is 181 Å². The first kappa shape index (κ1) is 29.4. The van der Waals surface area contributed by atoms with Crippen molar-refractivity contribution >= 4 is 44.4 Å². The fraction of sp³-hybridized carbons (Fsp3) is 0.0638. The van der Waals surface area contributed by atoms with Gasteiger partial charge in [0.1, 0.15) is 0 Å². The zero-order valence-corrected chi connectivity index (χ0v) is 28.2. The Kier molecular flexibility index (Phi) is 6.81. The Hall–Kier alpha value is -6.52. The lowest BCUT2D eigenvalue weighted by molar-refractivity contribution is 0.701. The summed E-state index contributed by atoms with van der Waals surface area (Å²) in [4.78, 5) is 10.5. The number of fused-ring (bicyclic) bond motifs is 6. The summed E-state index contributed by atoms with van der Waals surface area (Å²) in [5, 5.41) is 3.75. The van der Waals surface area contributed by atoms with Crippen LogP contribution in [0.1, 0.15) is 23.7 Å². The SMILES string of the molecule is CC1Cc2c(c3ccccc3n2-c2nc(-c3ccccc3)cc(-c3ccccc3)n2)C=C1c1ccc2c3ccccc3n(-c3ccccc3)c2c1. The Balaban J connectivity index is 1.18. The summed E-state index contributed by atoms with van der Waals surface area (Å²) in [6.07, 6.45) is 3.30. The summed E-state index contributed by atoms with van der Waals surface area (Å²) in [5.74, 6) is 0.976. The van der Waals surface area contributed by atoms with E-state index in [1.165, 1.54) is 55.3 Å². The lowest BCUT2D eigenvalue weighted by Crippen LogP contribution is -2.14. The number of rotatable bonds is 5. The van der Waals surface area contributed by atoms with Crippen LogP contribution in [0.3, 0.4) is 0 Å². The van der Waals surface area contributed by atoms with Crippen LogP contribution in [0.2, 0.25) is 0 Å². The van der Waals surface area contributed by atoms with E-state index in [2.05, 4.69) is 174 Å². The van der Waals surface area contributed by atoms with Gasteiger partial charge in [0.15, 0.2) is 0 Å². The molecular formula is C47H34N4. The van der Waals surface area contributed by atoms with E-state index < -0.39 is 0 Å². The van der Waals surface area contributed by atoms with Crippen molar-refractivity contribution in [2.75, 3.05) is 0 Å². The third-order valence-electron chi connectivity index (χ3n) is 10.4. The first-order chi connectivity index (χ1) is 25.2. The average Bonchev–Trinajstić information content (AvgIpc) is 3.70. The van der Waals surface area contributed by atoms with E-state index >= 15 is 0 Å². The van der Waals surface area contributed by atoms with Crippen molar-refractivity contribution in [3.63, 3.8) is 0 Å². The van der Waals surface area contributed by atoms with Crippen molar-refractivity contribution in [1.29, 1.82) is 0 Å². The van der Waals surface area contributed by atoms with Crippen LogP contribution < -0.4 is 0 Å². The second kappa shape index (κ2) is 11.8. The summed E-state index contributed by atoms with van der Waals surface area (Å²) in [6.45, 7) is 2.35. The van der Waals surface area contributed by atoms with Gasteiger partial charge in [0.25, 0.3) is 0 Å². The zero-order valence-electron chi connectivity index (χ0n) is 28.2. The lowest BCUT2D eigenvalue weighted by Gasteiger charge is -2.24. The van der Waals surface area contributed by atoms with Crippen LogP contribution in [0, 0.1) is 5.92 Å². The molecule has 1 aliphatic carbocycles. The molecular weight excluding hydrogens is 621 g/mol. The van der Waals surface area contributed by atoms with E-state index in [4.69, 9.17) is 9.97 Å². The normalized spacial score (nSPS) is 14.2. The quantitative estimate of drug-likeness (QED) is 0.185. The number of benzene rings is 6. The Bertz CT molecular complexity index is 2710. The second-order valence-electron chi connectivity index (χ2n) is 13.5. The van der Waals surface area contributed by atoms with Gasteiger partial charge in [-0.25, -0.2) is 9.97 Å². The van der Waals surface area contributed by atoms with Crippen molar-refractivity contribution in [3.8, 4) is 34.2 Å². The van der Waals surface area contributed by atoms with Gasteiger partial charge in [-0.2, -0.15) is 0 Å². The zero-order chi connectivity index (χ0) is 33.9. The van der Waals surface area contributed by atoms with Crippen molar-refractivity contribution < 1.29 is 0 Å². The molecule has 3 aromatic heterocycles. The van der Waals surface area contributed by atoms with Gasteiger partial charge in [0, 0.05) is 44.2 Å². The Morgan fingerprint density at radius 3 is 1.71 bits per heavy atom. The molecule has 0 N–H and O–H groups in total. The molecule has 1 unspecified atom stereocenters. The molecule has 0 radical (unpaired) electrons. The van der Waals surface area contributed by atoms with E-state index in [-0.39, 0.29) is 5.92 Å². The molecule has 0 aliphatic heterocycles. The summed E-state index contributed by atoms with van der Waals surface area (Å²) in [6, 6.07) is 58.1. The van der Waals surface area contributed by atoms with E-state index in [9.17, 15) is 0 Å². The molecule has 0 spiro atoms. The van der Waals surface area contributed by atoms with Gasteiger partial charge in [-0.1, -0.05) is 134 Å². The smallest absolute Gasteiger partial charge is 0.235 e. The predicted molar refractivity (Wildman–Crippen MR) is 211 cm³/mol. The average molecular weight is 655 g/mol. The van der Waals surface area contributed by atoms with Gasteiger partial charge in [-0.15, -0.1) is 0 Å². The molecule has 10 rings (SSSR count). The van der Waals surface area contributed by atoms with Gasteiger partial charge in [0.05, 0.1) is 27.9 Å². The maximum absolute atomic E-state index is 5.25. The second-order valence-corrected chi connectivity index (χ2v) is 13.5. The van der Waals surface area contributed by atoms with Crippen molar-refractivity contribution in [2.24, 2.45) is 5.92 Å². The number of allylic oxidation sites excluding steroid dienone is 1. The number of nitrogens with zero attached hydrogens (tertiary/aromatic N) is 4. The molecule has 0 bridgehead atoms. The van der Waals surface area contributed by atoms with E-state index in [0.29, 0.717) is 5.95 Å². The number of hydrogen-bond donors (Lipinski definition) is 0. The molecule has 0 saturated heterocycles. The number of aromatic nitrogens is 4. The molecule has 6 aromatic carbocycles. The molecule has 4 heteroatoms. The highest BCUT2D eigenvalue weighted by Gasteiger charge is 2.28. The standard InChI is InChI=1S/C47H34N4/c1-31-27-45-40(29-39(31)34-25-26-38-36-21-11-13-23-43(36)50(46(38)28-34)35-19-9-4-10-20-35)37-22-12-14-24-44(37)51(45)47-48-41(32-15-5-2-6-16-32)30-42(49-47)33-17-7-3-8-18-33/h2-26,28-31H,27H2,1H3. The van der Waals surface area contributed by atoms with Crippen LogP contribution in [0.4, 0.5) is 0 Å². The van der Waals surface area contributed by atoms with Gasteiger partial charge in [-0.05, 0) is 65.9 Å². The topological polar surface area (TPSA) is 35.6 Å². The maximum Gasteiger partial charge on any atom is 0.235 e. The summed E-state index contributed by atoms with van der Waals surface area (Å²) in [5.41, 5.74) is 13.8. The Morgan fingerprint density at radius 2 is 1.04 bits per heavy atom. The predicted octanol–water partition coefficient (Wildman–Crippen LogP) is 11.6. The molecule has 0 amide bonds. The molecule has 51 heavy (non-hydrogen) atoms. The Labute approximate surface area is 296 Å². The van der Waals surface area contributed by atoms with E-state index in [1.807, 2.05) is 12.1 Å². The van der Waals surface area contributed by atoms with Crippen LogP contribution in [-0.2, 0) is 6.42 Å². The molecule has 0 fully saturated rings. The highest BCUT2D eigenvalue weighted by Crippen LogP contribution is 2.42. The summed E-state index contributed by atoms with van der Waals surface area (Å²) >= 11 is 0. The summed E-state index contributed by atoms with van der Waals surface area (Å²) in [7, 11) is 0. The lowest BCUT2D eigenvalue weighted by atomic mass is 9.83. The third kappa shape index (κ3) is 4.83. The molecule has 1 atom stereocenters. The van der Waals surface area contributed by atoms with Crippen LogP contribution in [0.15, 0.2) is 164 Å². The van der Waals surface area contributed by atoms with Gasteiger partial charge >= 0.3 is 0 Å². The fourth-order valence-electron chi connectivity index (χ4n) is 8.03. The number of hydrogen-bond acceptors (Lipinski definition) is 2. The molecule has 4 nitrogen and oxygen atoms in total. The van der Waals surface area contributed by atoms with Gasteiger partial charge < -0.3 is 4.57 Å². The van der Waals surface area contributed by atoms with Crippen LogP contribution in [0.5, 0.6) is 0 Å². The van der Waals surface area contributed by atoms with E-state index in [0.717, 1.165) is 34.5 Å². The molecule has 9 aromatic rings. The third-order valence-corrected chi connectivity index (χ3v) is 10.4. The van der Waals surface area contributed by atoms with Gasteiger partial charge in [0.2, 0.25) is 5.95 Å². The maximum atomic E-state index is 5.25. The van der Waals surface area contributed by atoms with Gasteiger partial charge in [-0.3, -0.25) is 4.57 Å². The largest absolute Gasteiger partial charge is 0.309 e. The molecule has 0 saturated carbocycles. The van der Waals surface area contributed by atoms with Crippen LogP contribution in [0.25, 0.3) is 78.5 Å². The highest BCUT2D eigenvalue weighted by atomic mass is 15.2.